The minimum absolute atomic E-state index is 0.189. The van der Waals surface area contributed by atoms with Gasteiger partial charge in [-0.1, -0.05) is 34.6 Å². The van der Waals surface area contributed by atoms with E-state index in [-0.39, 0.29) is 5.41 Å². The molecule has 0 atom stereocenters. The van der Waals surface area contributed by atoms with Crippen LogP contribution in [0.5, 0.6) is 0 Å². The van der Waals surface area contributed by atoms with Crippen LogP contribution < -0.4 is 5.32 Å². The van der Waals surface area contributed by atoms with Gasteiger partial charge in [-0.25, -0.2) is 4.98 Å². The number of rotatable bonds is 4. The van der Waals surface area contributed by atoms with Crippen LogP contribution in [-0.2, 0) is 11.8 Å². The minimum atomic E-state index is 0.189. The molecule has 0 saturated heterocycles. The molecule has 0 bridgehead atoms. The number of thiazole rings is 1. The Bertz CT molecular complexity index is 297. The average molecular weight is 226 g/mol. The van der Waals surface area contributed by atoms with Crippen LogP contribution in [0.2, 0.25) is 0 Å². The molecule has 15 heavy (non-hydrogen) atoms. The van der Waals surface area contributed by atoms with E-state index < -0.39 is 0 Å². The molecule has 0 saturated carbocycles. The first kappa shape index (κ1) is 12.7. The lowest BCUT2D eigenvalue weighted by molar-refractivity contribution is 0.572. The largest absolute Gasteiger partial charge is 0.314 e. The van der Waals surface area contributed by atoms with Crippen LogP contribution in [0, 0.1) is 0 Å². The zero-order chi connectivity index (χ0) is 11.5. The van der Waals surface area contributed by atoms with Gasteiger partial charge in [0, 0.05) is 29.8 Å². The highest BCUT2D eigenvalue weighted by atomic mass is 32.1. The maximum atomic E-state index is 4.66. The van der Waals surface area contributed by atoms with Gasteiger partial charge in [0.25, 0.3) is 0 Å². The lowest BCUT2D eigenvalue weighted by Gasteiger charge is -2.13. The fourth-order valence-corrected chi connectivity index (χ4v) is 2.20. The monoisotopic (exact) mass is 226 g/mol. The normalized spacial score (nSPS) is 12.4. The van der Waals surface area contributed by atoms with Crippen molar-refractivity contribution in [1.82, 2.24) is 10.3 Å². The number of aromatic nitrogens is 1. The maximum Gasteiger partial charge on any atom is 0.0981 e. The number of hydrogen-bond acceptors (Lipinski definition) is 3. The zero-order valence-electron chi connectivity index (χ0n) is 10.4. The Hall–Kier alpha value is -0.410. The summed E-state index contributed by atoms with van der Waals surface area (Å²) in [5.41, 5.74) is 1.41. The second kappa shape index (κ2) is 5.08. The van der Waals surface area contributed by atoms with Crippen LogP contribution in [0.4, 0.5) is 0 Å². The van der Waals surface area contributed by atoms with E-state index in [1.54, 1.807) is 11.3 Å². The van der Waals surface area contributed by atoms with Gasteiger partial charge in [0.05, 0.1) is 10.7 Å². The molecule has 2 nitrogen and oxygen atoms in total. The highest BCUT2D eigenvalue weighted by Gasteiger charge is 2.17. The van der Waals surface area contributed by atoms with Crippen LogP contribution in [0.1, 0.15) is 45.3 Å². The number of nitrogens with one attached hydrogen (secondary N) is 1. The Labute approximate surface area is 97.1 Å². The number of nitrogens with zero attached hydrogens (tertiary/aromatic N) is 1. The van der Waals surface area contributed by atoms with Crippen molar-refractivity contribution in [1.29, 1.82) is 0 Å². The Morgan fingerprint density at radius 2 is 2.07 bits per heavy atom. The summed E-state index contributed by atoms with van der Waals surface area (Å²) in [6.45, 7) is 12.0. The van der Waals surface area contributed by atoms with Gasteiger partial charge >= 0.3 is 0 Å². The summed E-state index contributed by atoms with van der Waals surface area (Å²) in [7, 11) is 0. The molecule has 1 rings (SSSR count). The maximum absolute atomic E-state index is 4.66. The molecule has 0 aliphatic carbocycles. The van der Waals surface area contributed by atoms with E-state index in [0.717, 1.165) is 13.0 Å². The standard InChI is InChI=1S/C12H22N2S/c1-9(2)13-7-6-10-8-15-11(14-10)12(3,4)5/h8-9,13H,6-7H2,1-5H3. The first-order valence-corrected chi connectivity index (χ1v) is 6.46. The molecule has 0 aliphatic heterocycles. The summed E-state index contributed by atoms with van der Waals surface area (Å²) >= 11 is 1.78. The Balaban J connectivity index is 2.47. The van der Waals surface area contributed by atoms with Crippen molar-refractivity contribution < 1.29 is 0 Å². The van der Waals surface area contributed by atoms with Crippen molar-refractivity contribution in [2.75, 3.05) is 6.54 Å². The molecular formula is C12H22N2S. The second-order valence-corrected chi connectivity index (χ2v) is 6.11. The van der Waals surface area contributed by atoms with E-state index in [1.807, 2.05) is 0 Å². The highest BCUT2D eigenvalue weighted by Crippen LogP contribution is 2.25. The molecule has 0 spiro atoms. The van der Waals surface area contributed by atoms with E-state index >= 15 is 0 Å². The molecule has 0 aromatic carbocycles. The van der Waals surface area contributed by atoms with Gasteiger partial charge in [-0.2, -0.15) is 0 Å². The van der Waals surface area contributed by atoms with E-state index in [1.165, 1.54) is 10.7 Å². The molecule has 1 aromatic heterocycles. The van der Waals surface area contributed by atoms with E-state index in [4.69, 9.17) is 0 Å². The second-order valence-electron chi connectivity index (χ2n) is 5.25. The Morgan fingerprint density at radius 3 is 2.53 bits per heavy atom. The van der Waals surface area contributed by atoms with Crippen molar-refractivity contribution in [2.24, 2.45) is 0 Å². The van der Waals surface area contributed by atoms with Gasteiger partial charge in [0.2, 0.25) is 0 Å². The van der Waals surface area contributed by atoms with Crippen LogP contribution >= 0.6 is 11.3 Å². The first-order chi connectivity index (χ1) is 6.89. The van der Waals surface area contributed by atoms with Gasteiger partial charge in [0.1, 0.15) is 0 Å². The molecule has 3 heteroatoms. The molecule has 86 valence electrons. The third kappa shape index (κ3) is 4.31. The van der Waals surface area contributed by atoms with Crippen LogP contribution in [-0.4, -0.2) is 17.6 Å². The summed E-state index contributed by atoms with van der Waals surface area (Å²) in [5.74, 6) is 0. The summed E-state index contributed by atoms with van der Waals surface area (Å²) in [6, 6.07) is 0.561. The van der Waals surface area contributed by atoms with Crippen LogP contribution in [0.3, 0.4) is 0 Å². The molecule has 1 heterocycles. The van der Waals surface area contributed by atoms with Crippen molar-refractivity contribution >= 4 is 11.3 Å². The smallest absolute Gasteiger partial charge is 0.0981 e. The predicted molar refractivity (Wildman–Crippen MR) is 67.7 cm³/mol. The molecule has 0 aliphatic rings. The molecule has 1 N–H and O–H groups in total. The fraction of sp³-hybridized carbons (Fsp3) is 0.750. The van der Waals surface area contributed by atoms with Crippen molar-refractivity contribution in [3.63, 3.8) is 0 Å². The molecular weight excluding hydrogens is 204 g/mol. The van der Waals surface area contributed by atoms with Gasteiger partial charge < -0.3 is 5.32 Å². The topological polar surface area (TPSA) is 24.9 Å². The quantitative estimate of drug-likeness (QED) is 0.854. The van der Waals surface area contributed by atoms with Gasteiger partial charge in [-0.3, -0.25) is 0 Å². The molecule has 0 radical (unpaired) electrons. The van der Waals surface area contributed by atoms with Gasteiger partial charge in [-0.15, -0.1) is 11.3 Å². The zero-order valence-corrected chi connectivity index (χ0v) is 11.2. The van der Waals surface area contributed by atoms with Gasteiger partial charge in [-0.05, 0) is 0 Å². The Kier molecular flexibility index (Phi) is 4.29. The molecule has 1 aromatic rings. The number of hydrogen-bond donors (Lipinski definition) is 1. The van der Waals surface area contributed by atoms with Crippen molar-refractivity contribution in [3.05, 3.63) is 16.1 Å². The van der Waals surface area contributed by atoms with E-state index in [2.05, 4.69) is 50.3 Å². The van der Waals surface area contributed by atoms with Crippen LogP contribution in [0.15, 0.2) is 5.38 Å². The minimum Gasteiger partial charge on any atom is -0.314 e. The third-order valence-corrected chi connectivity index (χ3v) is 3.44. The SMILES string of the molecule is CC(C)NCCc1csc(C(C)(C)C)n1. The van der Waals surface area contributed by atoms with Crippen molar-refractivity contribution in [3.8, 4) is 0 Å². The molecule has 0 amide bonds. The van der Waals surface area contributed by atoms with Crippen molar-refractivity contribution in [2.45, 2.75) is 52.5 Å². The molecule has 0 unspecified atom stereocenters. The summed E-state index contributed by atoms with van der Waals surface area (Å²) in [5, 5.41) is 6.83. The van der Waals surface area contributed by atoms with Crippen LogP contribution in [0.25, 0.3) is 0 Å². The van der Waals surface area contributed by atoms with E-state index in [9.17, 15) is 0 Å². The molecule has 0 fully saturated rings. The summed E-state index contributed by atoms with van der Waals surface area (Å²) < 4.78 is 0. The third-order valence-electron chi connectivity index (χ3n) is 2.13. The lowest BCUT2D eigenvalue weighted by atomic mass is 9.98. The Morgan fingerprint density at radius 1 is 1.40 bits per heavy atom. The highest BCUT2D eigenvalue weighted by molar-refractivity contribution is 7.09. The fourth-order valence-electron chi connectivity index (χ4n) is 1.26. The summed E-state index contributed by atoms with van der Waals surface area (Å²) in [4.78, 5) is 4.66. The predicted octanol–water partition coefficient (Wildman–Crippen LogP) is 2.98. The van der Waals surface area contributed by atoms with Gasteiger partial charge in [0.15, 0.2) is 0 Å². The van der Waals surface area contributed by atoms with E-state index in [0.29, 0.717) is 6.04 Å². The first-order valence-electron chi connectivity index (χ1n) is 5.58. The summed E-state index contributed by atoms with van der Waals surface area (Å²) in [6.07, 6.45) is 1.03. The lowest BCUT2D eigenvalue weighted by Crippen LogP contribution is -2.25. The average Bonchev–Trinajstić information content (AvgIpc) is 2.51.